The van der Waals surface area contributed by atoms with Gasteiger partial charge in [0.15, 0.2) is 0 Å². The number of aromatic nitrogens is 2. The molecule has 6 nitrogen and oxygen atoms in total. The zero-order valence-electron chi connectivity index (χ0n) is 13.2. The Labute approximate surface area is 147 Å². The number of alkyl halides is 3. The maximum absolute atomic E-state index is 13.0. The summed E-state index contributed by atoms with van der Waals surface area (Å²) in [5, 5.41) is 2.52. The summed E-state index contributed by atoms with van der Waals surface area (Å²) in [7, 11) is -2.26. The van der Waals surface area contributed by atoms with E-state index in [0.717, 1.165) is 16.6 Å². The van der Waals surface area contributed by atoms with E-state index < -0.39 is 21.8 Å². The van der Waals surface area contributed by atoms with Crippen LogP contribution in [0.5, 0.6) is 0 Å². The third-order valence-corrected chi connectivity index (χ3v) is 4.68. The van der Waals surface area contributed by atoms with Crippen molar-refractivity contribution >= 4 is 33.1 Å². The molecule has 0 aliphatic rings. The number of sulfonamides is 1. The first kappa shape index (κ1) is 19.3. The maximum Gasteiger partial charge on any atom is 0.419 e. The monoisotopic (exact) mass is 394 g/mol. The van der Waals surface area contributed by atoms with Crippen molar-refractivity contribution in [3.63, 3.8) is 0 Å². The summed E-state index contributed by atoms with van der Waals surface area (Å²) >= 11 is 5.67. The van der Waals surface area contributed by atoms with Crippen LogP contribution < -0.4 is 9.62 Å². The van der Waals surface area contributed by atoms with Crippen LogP contribution in [0.25, 0.3) is 0 Å². The lowest BCUT2D eigenvalue weighted by atomic mass is 10.2. The van der Waals surface area contributed by atoms with E-state index in [2.05, 4.69) is 15.3 Å². The van der Waals surface area contributed by atoms with E-state index in [1.807, 2.05) is 0 Å². The Morgan fingerprint density at radius 2 is 2.00 bits per heavy atom. The standard InChI is InChI=1S/C14H14ClF3N4O2S/c1-22(25(2,23)24)13-9(4-3-5-19-13)7-20-11-6-12(15)21-8-10(11)14(16,17)18/h3-6,8H,7H2,1-2H3,(H,20,21). The molecule has 25 heavy (non-hydrogen) atoms. The van der Waals surface area contributed by atoms with Crippen LogP contribution >= 0.6 is 11.6 Å². The molecule has 0 atom stereocenters. The highest BCUT2D eigenvalue weighted by Crippen LogP contribution is 2.35. The van der Waals surface area contributed by atoms with Crippen molar-refractivity contribution in [2.24, 2.45) is 0 Å². The van der Waals surface area contributed by atoms with Gasteiger partial charge >= 0.3 is 6.18 Å². The molecule has 0 saturated carbocycles. The van der Waals surface area contributed by atoms with E-state index in [1.165, 1.54) is 13.2 Å². The van der Waals surface area contributed by atoms with Gasteiger partial charge in [-0.3, -0.25) is 4.31 Å². The molecule has 0 spiro atoms. The van der Waals surface area contributed by atoms with E-state index >= 15 is 0 Å². The highest BCUT2D eigenvalue weighted by Gasteiger charge is 2.34. The number of pyridine rings is 2. The molecule has 1 N–H and O–H groups in total. The minimum Gasteiger partial charge on any atom is -0.380 e. The summed E-state index contributed by atoms with van der Waals surface area (Å²) in [5.41, 5.74) is -0.834. The van der Waals surface area contributed by atoms with Gasteiger partial charge in [0.1, 0.15) is 11.0 Å². The average Bonchev–Trinajstić information content (AvgIpc) is 2.50. The van der Waals surface area contributed by atoms with Gasteiger partial charge in [-0.25, -0.2) is 18.4 Å². The van der Waals surface area contributed by atoms with Gasteiger partial charge in [0.05, 0.1) is 17.5 Å². The third-order valence-electron chi connectivity index (χ3n) is 3.31. The Morgan fingerprint density at radius 3 is 2.60 bits per heavy atom. The number of anilines is 2. The van der Waals surface area contributed by atoms with Gasteiger partial charge in [-0.2, -0.15) is 13.2 Å². The maximum atomic E-state index is 13.0. The van der Waals surface area contributed by atoms with Gasteiger partial charge in [-0.15, -0.1) is 0 Å². The van der Waals surface area contributed by atoms with E-state index in [4.69, 9.17) is 11.6 Å². The minimum atomic E-state index is -4.61. The molecule has 2 heterocycles. The fourth-order valence-corrected chi connectivity index (χ4v) is 2.64. The van der Waals surface area contributed by atoms with Gasteiger partial charge in [-0.1, -0.05) is 17.7 Å². The minimum absolute atomic E-state index is 0.0908. The Balaban J connectivity index is 2.34. The third kappa shape index (κ3) is 4.73. The number of hydrogen-bond donors (Lipinski definition) is 1. The molecule has 0 fully saturated rings. The molecule has 0 aliphatic heterocycles. The van der Waals surface area contributed by atoms with Gasteiger partial charge in [-0.05, 0) is 12.1 Å². The lowest BCUT2D eigenvalue weighted by Gasteiger charge is -2.20. The van der Waals surface area contributed by atoms with Crippen molar-refractivity contribution in [3.8, 4) is 0 Å². The molecule has 0 unspecified atom stereocenters. The normalized spacial score (nSPS) is 12.1. The zero-order chi connectivity index (χ0) is 18.8. The molecule has 136 valence electrons. The fraction of sp³-hybridized carbons (Fsp3) is 0.286. The molecule has 0 amide bonds. The van der Waals surface area contributed by atoms with Crippen LogP contribution in [0.2, 0.25) is 5.15 Å². The fourth-order valence-electron chi connectivity index (χ4n) is 2.00. The van der Waals surface area contributed by atoms with Gasteiger partial charge in [0, 0.05) is 31.5 Å². The predicted molar refractivity (Wildman–Crippen MR) is 89.1 cm³/mol. The number of halogens is 4. The lowest BCUT2D eigenvalue weighted by molar-refractivity contribution is -0.137. The Kier molecular flexibility index (Phi) is 5.43. The second-order valence-corrected chi connectivity index (χ2v) is 7.52. The molecule has 2 rings (SSSR count). The van der Waals surface area contributed by atoms with Crippen LogP contribution in [0, 0.1) is 0 Å². The van der Waals surface area contributed by atoms with E-state index in [0.29, 0.717) is 11.8 Å². The molecule has 0 radical (unpaired) electrons. The number of nitrogens with zero attached hydrogens (tertiary/aromatic N) is 3. The number of nitrogens with one attached hydrogen (secondary N) is 1. The summed E-state index contributed by atoms with van der Waals surface area (Å²) in [6.45, 7) is -0.0908. The van der Waals surface area contributed by atoms with Gasteiger partial charge in [0.25, 0.3) is 0 Å². The largest absolute Gasteiger partial charge is 0.419 e. The van der Waals surface area contributed by atoms with E-state index in [9.17, 15) is 21.6 Å². The highest BCUT2D eigenvalue weighted by molar-refractivity contribution is 7.92. The van der Waals surface area contributed by atoms with Crippen molar-refractivity contribution < 1.29 is 21.6 Å². The topological polar surface area (TPSA) is 75.2 Å². The summed E-state index contributed by atoms with van der Waals surface area (Å²) in [6.07, 6.45) is -1.58. The van der Waals surface area contributed by atoms with Crippen LogP contribution in [0.3, 0.4) is 0 Å². The van der Waals surface area contributed by atoms with Gasteiger partial charge in [0.2, 0.25) is 10.0 Å². The van der Waals surface area contributed by atoms with Crippen LogP contribution in [-0.2, 0) is 22.7 Å². The van der Waals surface area contributed by atoms with Crippen molar-refractivity contribution in [1.82, 2.24) is 9.97 Å². The molecule has 0 bridgehead atoms. The molecule has 2 aromatic rings. The molecule has 0 saturated heterocycles. The zero-order valence-corrected chi connectivity index (χ0v) is 14.7. The first-order chi connectivity index (χ1) is 11.5. The van der Waals surface area contributed by atoms with Crippen molar-refractivity contribution in [1.29, 1.82) is 0 Å². The number of rotatable bonds is 5. The first-order valence-corrected chi connectivity index (χ1v) is 9.07. The molecule has 2 aromatic heterocycles. The summed E-state index contributed by atoms with van der Waals surface area (Å²) in [6, 6.07) is 4.18. The summed E-state index contributed by atoms with van der Waals surface area (Å²) in [4.78, 5) is 7.44. The Morgan fingerprint density at radius 1 is 1.32 bits per heavy atom. The lowest BCUT2D eigenvalue weighted by Crippen LogP contribution is -2.27. The molecular formula is C14H14ClF3N4O2S. The Hall–Kier alpha value is -2.07. The van der Waals surface area contributed by atoms with Crippen LogP contribution in [-0.4, -0.2) is 31.7 Å². The second kappa shape index (κ2) is 7.04. The molecule has 0 aromatic carbocycles. The Bertz CT molecular complexity index is 875. The van der Waals surface area contributed by atoms with Gasteiger partial charge < -0.3 is 5.32 Å². The average molecular weight is 395 g/mol. The first-order valence-electron chi connectivity index (χ1n) is 6.84. The quantitative estimate of drug-likeness (QED) is 0.788. The molecule has 0 aliphatic carbocycles. The highest BCUT2D eigenvalue weighted by atomic mass is 35.5. The van der Waals surface area contributed by atoms with E-state index in [-0.39, 0.29) is 23.2 Å². The van der Waals surface area contributed by atoms with Crippen molar-refractivity contribution in [3.05, 3.63) is 46.9 Å². The summed E-state index contributed by atoms with van der Waals surface area (Å²) in [5.74, 6) is 0.117. The second-order valence-electron chi connectivity index (χ2n) is 5.12. The van der Waals surface area contributed by atoms with Crippen LogP contribution in [0.4, 0.5) is 24.7 Å². The number of hydrogen-bond acceptors (Lipinski definition) is 5. The molecular weight excluding hydrogens is 381 g/mol. The van der Waals surface area contributed by atoms with Crippen LogP contribution in [0.1, 0.15) is 11.1 Å². The predicted octanol–water partition coefficient (Wildman–Crippen LogP) is 3.16. The SMILES string of the molecule is CN(c1ncccc1CNc1cc(Cl)ncc1C(F)(F)F)S(C)(=O)=O. The molecule has 11 heteroatoms. The van der Waals surface area contributed by atoms with E-state index in [1.54, 1.807) is 12.1 Å². The van der Waals surface area contributed by atoms with Crippen molar-refractivity contribution in [2.75, 3.05) is 22.9 Å². The summed E-state index contributed by atoms with van der Waals surface area (Å²) < 4.78 is 63.5. The van der Waals surface area contributed by atoms with Crippen molar-refractivity contribution in [2.45, 2.75) is 12.7 Å². The smallest absolute Gasteiger partial charge is 0.380 e. The van der Waals surface area contributed by atoms with Crippen LogP contribution in [0.15, 0.2) is 30.6 Å².